The Morgan fingerprint density at radius 2 is 2.10 bits per heavy atom. The van der Waals surface area contributed by atoms with Gasteiger partial charge in [-0.2, -0.15) is 0 Å². The topological polar surface area (TPSA) is 24.9 Å². The maximum Gasteiger partial charge on any atom is 0.0948 e. The number of fused-ring (bicyclic) bond motifs is 1. The molecular weight excluding hydrogens is 280 g/mol. The summed E-state index contributed by atoms with van der Waals surface area (Å²) in [5.41, 5.74) is 2.11. The summed E-state index contributed by atoms with van der Waals surface area (Å²) in [4.78, 5) is 4.52. The second-order valence-electron chi connectivity index (χ2n) is 6.12. The van der Waals surface area contributed by atoms with Gasteiger partial charge in [-0.3, -0.25) is 4.98 Å². The van der Waals surface area contributed by atoms with Gasteiger partial charge in [-0.1, -0.05) is 37.8 Å². The zero-order valence-electron chi connectivity index (χ0n) is 12.6. The molecule has 1 heterocycles. The van der Waals surface area contributed by atoms with Crippen LogP contribution in [0, 0.1) is 5.92 Å². The third-order valence-electron chi connectivity index (χ3n) is 4.74. The van der Waals surface area contributed by atoms with Crippen molar-refractivity contribution in [3.05, 3.63) is 35.5 Å². The van der Waals surface area contributed by atoms with Gasteiger partial charge in [-0.05, 0) is 49.4 Å². The predicted octanol–water partition coefficient (Wildman–Crippen LogP) is 5.66. The Kier molecular flexibility index (Phi) is 4.64. The summed E-state index contributed by atoms with van der Waals surface area (Å²) < 4.78 is 0. The first-order chi connectivity index (χ1) is 10.3. The van der Waals surface area contributed by atoms with Crippen LogP contribution in [0.1, 0.15) is 45.4 Å². The summed E-state index contributed by atoms with van der Waals surface area (Å²) in [5, 5.41) is 5.52. The van der Waals surface area contributed by atoms with Crippen LogP contribution in [0.2, 0.25) is 5.02 Å². The largest absolute Gasteiger partial charge is 0.381 e. The van der Waals surface area contributed by atoms with E-state index in [1.165, 1.54) is 38.5 Å². The molecule has 21 heavy (non-hydrogen) atoms. The zero-order chi connectivity index (χ0) is 14.7. The molecule has 0 radical (unpaired) electrons. The number of nitrogens with one attached hydrogen (secondary N) is 1. The number of benzene rings is 1. The standard InChI is InChI=1S/C18H23ClN2/c1-2-13-5-3-6-14(9-8-13)21-17-11-10-16(19)15-7-4-12-20-18(15)17/h4,7,10-14,21H,2-3,5-6,8-9H2,1H3. The van der Waals surface area contributed by atoms with Gasteiger partial charge < -0.3 is 5.32 Å². The molecule has 0 amide bonds. The average Bonchev–Trinajstić information content (AvgIpc) is 2.75. The lowest BCUT2D eigenvalue weighted by Gasteiger charge is -2.19. The Morgan fingerprint density at radius 3 is 2.95 bits per heavy atom. The van der Waals surface area contributed by atoms with Crippen molar-refractivity contribution in [3.8, 4) is 0 Å². The Bertz CT molecular complexity index is 611. The first-order valence-electron chi connectivity index (χ1n) is 8.07. The Balaban J connectivity index is 1.80. The Hall–Kier alpha value is -1.28. The van der Waals surface area contributed by atoms with E-state index in [9.17, 15) is 0 Å². The molecule has 1 aliphatic carbocycles. The molecular formula is C18H23ClN2. The summed E-state index contributed by atoms with van der Waals surface area (Å²) in [6.45, 7) is 2.31. The SMILES string of the molecule is CCC1CCCC(Nc2ccc(Cl)c3cccnc23)CC1. The highest BCUT2D eigenvalue weighted by Crippen LogP contribution is 2.31. The monoisotopic (exact) mass is 302 g/mol. The molecule has 2 aromatic rings. The summed E-state index contributed by atoms with van der Waals surface area (Å²) in [7, 11) is 0. The highest BCUT2D eigenvalue weighted by Gasteiger charge is 2.18. The lowest BCUT2D eigenvalue weighted by Crippen LogP contribution is -2.18. The molecule has 0 bridgehead atoms. The number of nitrogens with zero attached hydrogens (tertiary/aromatic N) is 1. The van der Waals surface area contributed by atoms with E-state index in [1.54, 1.807) is 0 Å². The Morgan fingerprint density at radius 1 is 1.19 bits per heavy atom. The molecule has 1 aromatic carbocycles. The molecule has 112 valence electrons. The molecule has 0 saturated heterocycles. The number of anilines is 1. The fourth-order valence-electron chi connectivity index (χ4n) is 3.41. The van der Waals surface area contributed by atoms with Crippen molar-refractivity contribution >= 4 is 28.2 Å². The molecule has 1 N–H and O–H groups in total. The van der Waals surface area contributed by atoms with Crippen LogP contribution in [-0.2, 0) is 0 Å². The molecule has 3 heteroatoms. The van der Waals surface area contributed by atoms with Gasteiger partial charge in [0.15, 0.2) is 0 Å². The van der Waals surface area contributed by atoms with Crippen molar-refractivity contribution in [2.24, 2.45) is 5.92 Å². The van der Waals surface area contributed by atoms with Crippen LogP contribution >= 0.6 is 11.6 Å². The van der Waals surface area contributed by atoms with Crippen LogP contribution < -0.4 is 5.32 Å². The van der Waals surface area contributed by atoms with Gasteiger partial charge in [0.05, 0.1) is 16.2 Å². The van der Waals surface area contributed by atoms with Crippen LogP contribution in [0.3, 0.4) is 0 Å². The van der Waals surface area contributed by atoms with Crippen LogP contribution in [0.5, 0.6) is 0 Å². The minimum Gasteiger partial charge on any atom is -0.381 e. The summed E-state index contributed by atoms with van der Waals surface area (Å²) >= 11 is 6.27. The first-order valence-corrected chi connectivity index (χ1v) is 8.45. The van der Waals surface area contributed by atoms with Gasteiger partial charge in [0.2, 0.25) is 0 Å². The lowest BCUT2D eigenvalue weighted by molar-refractivity contribution is 0.444. The summed E-state index contributed by atoms with van der Waals surface area (Å²) in [5.74, 6) is 0.914. The maximum atomic E-state index is 6.27. The maximum absolute atomic E-state index is 6.27. The second-order valence-corrected chi connectivity index (χ2v) is 6.53. The molecule has 2 atom stereocenters. The normalized spacial score (nSPS) is 23.0. The van der Waals surface area contributed by atoms with E-state index in [-0.39, 0.29) is 0 Å². The smallest absolute Gasteiger partial charge is 0.0948 e. The zero-order valence-corrected chi connectivity index (χ0v) is 13.4. The molecule has 1 saturated carbocycles. The fraction of sp³-hybridized carbons (Fsp3) is 0.500. The van der Waals surface area contributed by atoms with Crippen molar-refractivity contribution in [2.45, 2.75) is 51.5 Å². The Labute approximate surface area is 131 Å². The third kappa shape index (κ3) is 3.32. The lowest BCUT2D eigenvalue weighted by atomic mass is 9.98. The fourth-order valence-corrected chi connectivity index (χ4v) is 3.62. The van der Waals surface area contributed by atoms with Crippen LogP contribution in [-0.4, -0.2) is 11.0 Å². The van der Waals surface area contributed by atoms with Gasteiger partial charge in [0, 0.05) is 17.6 Å². The van der Waals surface area contributed by atoms with Crippen molar-refractivity contribution in [1.29, 1.82) is 0 Å². The van der Waals surface area contributed by atoms with E-state index in [1.807, 2.05) is 24.4 Å². The van der Waals surface area contributed by atoms with E-state index < -0.39 is 0 Å². The second kappa shape index (κ2) is 6.65. The molecule has 1 aliphatic rings. The summed E-state index contributed by atoms with van der Waals surface area (Å²) in [6, 6.07) is 8.58. The van der Waals surface area contributed by atoms with Crippen molar-refractivity contribution in [2.75, 3.05) is 5.32 Å². The van der Waals surface area contributed by atoms with E-state index >= 15 is 0 Å². The summed E-state index contributed by atoms with van der Waals surface area (Å²) in [6.07, 6.45) is 9.72. The van der Waals surface area contributed by atoms with E-state index in [0.717, 1.165) is 27.5 Å². The third-order valence-corrected chi connectivity index (χ3v) is 5.07. The average molecular weight is 303 g/mol. The molecule has 3 rings (SSSR count). The molecule has 2 unspecified atom stereocenters. The quantitative estimate of drug-likeness (QED) is 0.740. The van der Waals surface area contributed by atoms with Gasteiger partial charge in [0.1, 0.15) is 0 Å². The minimum absolute atomic E-state index is 0.563. The van der Waals surface area contributed by atoms with Gasteiger partial charge in [0.25, 0.3) is 0 Å². The molecule has 1 aromatic heterocycles. The highest BCUT2D eigenvalue weighted by molar-refractivity contribution is 6.35. The van der Waals surface area contributed by atoms with Gasteiger partial charge in [-0.15, -0.1) is 0 Å². The van der Waals surface area contributed by atoms with Crippen LogP contribution in [0.15, 0.2) is 30.5 Å². The van der Waals surface area contributed by atoms with E-state index in [0.29, 0.717) is 6.04 Å². The van der Waals surface area contributed by atoms with Crippen LogP contribution in [0.25, 0.3) is 10.9 Å². The molecule has 1 fully saturated rings. The number of hydrogen-bond donors (Lipinski definition) is 1. The number of rotatable bonds is 3. The number of halogens is 1. The minimum atomic E-state index is 0.563. The predicted molar refractivity (Wildman–Crippen MR) is 91.0 cm³/mol. The number of aromatic nitrogens is 1. The molecule has 2 nitrogen and oxygen atoms in total. The highest BCUT2D eigenvalue weighted by atomic mass is 35.5. The molecule has 0 spiro atoms. The molecule has 0 aliphatic heterocycles. The van der Waals surface area contributed by atoms with Crippen molar-refractivity contribution in [3.63, 3.8) is 0 Å². The van der Waals surface area contributed by atoms with E-state index in [4.69, 9.17) is 11.6 Å². The van der Waals surface area contributed by atoms with E-state index in [2.05, 4.69) is 23.3 Å². The van der Waals surface area contributed by atoms with Crippen LogP contribution in [0.4, 0.5) is 5.69 Å². The van der Waals surface area contributed by atoms with Crippen molar-refractivity contribution in [1.82, 2.24) is 4.98 Å². The number of pyridine rings is 1. The van der Waals surface area contributed by atoms with Crippen molar-refractivity contribution < 1.29 is 0 Å². The van der Waals surface area contributed by atoms with Gasteiger partial charge >= 0.3 is 0 Å². The number of hydrogen-bond acceptors (Lipinski definition) is 2. The first kappa shape index (κ1) is 14.6. The van der Waals surface area contributed by atoms with Gasteiger partial charge in [-0.25, -0.2) is 0 Å².